The number of unbranched alkanes of at least 4 members (excludes halogenated alkanes) is 7. The van der Waals surface area contributed by atoms with Gasteiger partial charge in [-0.3, -0.25) is 0 Å². The first-order valence-corrected chi connectivity index (χ1v) is 10.3. The molecule has 0 saturated heterocycles. The summed E-state index contributed by atoms with van der Waals surface area (Å²) < 4.78 is 5.31. The Morgan fingerprint density at radius 3 is 2.18 bits per heavy atom. The van der Waals surface area contributed by atoms with Crippen LogP contribution >= 0.6 is 15.9 Å². The first-order valence-electron chi connectivity index (χ1n) is 9.16. The van der Waals surface area contributed by atoms with Crippen LogP contribution in [0.2, 0.25) is 0 Å². The van der Waals surface area contributed by atoms with Crippen LogP contribution in [0.5, 0.6) is 0 Å². The van der Waals surface area contributed by atoms with Gasteiger partial charge in [0.25, 0.3) is 0 Å². The van der Waals surface area contributed by atoms with E-state index in [0.717, 1.165) is 37.4 Å². The molecule has 0 saturated carbocycles. The standard InChI is InChI=1S/C19H35BrO2/c1-3-5-7-8-10-14-18(13-6-4-2)17-19(21)22-16-12-9-11-15-20/h17H,3-16H2,1-2H3/b18-17+. The summed E-state index contributed by atoms with van der Waals surface area (Å²) in [4.78, 5) is 11.9. The van der Waals surface area contributed by atoms with Gasteiger partial charge in [0.1, 0.15) is 0 Å². The van der Waals surface area contributed by atoms with Crippen LogP contribution in [0.15, 0.2) is 11.6 Å². The fourth-order valence-electron chi connectivity index (χ4n) is 2.38. The summed E-state index contributed by atoms with van der Waals surface area (Å²) in [6.45, 7) is 4.99. The summed E-state index contributed by atoms with van der Waals surface area (Å²) >= 11 is 3.41. The SMILES string of the molecule is CCCCCCC/C(=C/C(=O)OCCCCCBr)CCCC. The number of carbonyl (C=O) groups is 1. The van der Waals surface area contributed by atoms with Gasteiger partial charge in [-0.05, 0) is 44.9 Å². The number of hydrogen-bond donors (Lipinski definition) is 0. The fraction of sp³-hybridized carbons (Fsp3) is 0.842. The monoisotopic (exact) mass is 374 g/mol. The van der Waals surface area contributed by atoms with Crippen LogP contribution in [-0.2, 0) is 9.53 Å². The third-order valence-electron chi connectivity index (χ3n) is 3.80. The van der Waals surface area contributed by atoms with Crippen molar-refractivity contribution in [2.45, 2.75) is 90.9 Å². The smallest absolute Gasteiger partial charge is 0.330 e. The molecule has 0 rings (SSSR count). The van der Waals surface area contributed by atoms with Crippen molar-refractivity contribution < 1.29 is 9.53 Å². The van der Waals surface area contributed by atoms with Crippen molar-refractivity contribution in [3.63, 3.8) is 0 Å². The van der Waals surface area contributed by atoms with Crippen LogP contribution in [-0.4, -0.2) is 17.9 Å². The average molecular weight is 375 g/mol. The van der Waals surface area contributed by atoms with Gasteiger partial charge in [0.2, 0.25) is 0 Å². The zero-order valence-corrected chi connectivity index (χ0v) is 16.3. The molecule has 0 aliphatic rings. The number of ether oxygens (including phenoxy) is 1. The van der Waals surface area contributed by atoms with Crippen LogP contribution in [0.4, 0.5) is 0 Å². The quantitative estimate of drug-likeness (QED) is 0.140. The molecule has 22 heavy (non-hydrogen) atoms. The number of esters is 1. The zero-order chi connectivity index (χ0) is 16.5. The highest BCUT2D eigenvalue weighted by Crippen LogP contribution is 2.17. The number of hydrogen-bond acceptors (Lipinski definition) is 2. The van der Waals surface area contributed by atoms with Crippen molar-refractivity contribution in [2.24, 2.45) is 0 Å². The van der Waals surface area contributed by atoms with Gasteiger partial charge >= 0.3 is 5.97 Å². The number of halogens is 1. The van der Waals surface area contributed by atoms with Crippen LogP contribution in [0, 0.1) is 0 Å². The summed E-state index contributed by atoms with van der Waals surface area (Å²) in [6, 6.07) is 0. The summed E-state index contributed by atoms with van der Waals surface area (Å²) in [7, 11) is 0. The van der Waals surface area contributed by atoms with Crippen LogP contribution in [0.3, 0.4) is 0 Å². The molecule has 0 N–H and O–H groups in total. The summed E-state index contributed by atoms with van der Waals surface area (Å²) in [5, 5.41) is 1.03. The molecule has 0 spiro atoms. The Hall–Kier alpha value is -0.310. The number of alkyl halides is 1. The lowest BCUT2D eigenvalue weighted by atomic mass is 10.0. The maximum atomic E-state index is 11.9. The fourth-order valence-corrected chi connectivity index (χ4v) is 2.78. The Morgan fingerprint density at radius 1 is 0.864 bits per heavy atom. The van der Waals surface area contributed by atoms with Gasteiger partial charge in [0.05, 0.1) is 6.61 Å². The average Bonchev–Trinajstić information content (AvgIpc) is 2.52. The molecule has 0 aromatic rings. The minimum Gasteiger partial charge on any atom is -0.463 e. The molecule has 3 heteroatoms. The lowest BCUT2D eigenvalue weighted by molar-refractivity contribution is -0.137. The topological polar surface area (TPSA) is 26.3 Å². The molecule has 0 atom stereocenters. The van der Waals surface area contributed by atoms with E-state index in [1.807, 2.05) is 0 Å². The Labute approximate surface area is 146 Å². The molecule has 0 radical (unpaired) electrons. The van der Waals surface area contributed by atoms with Gasteiger partial charge in [0, 0.05) is 11.4 Å². The highest BCUT2D eigenvalue weighted by Gasteiger charge is 2.04. The molecule has 2 nitrogen and oxygen atoms in total. The normalized spacial score (nSPS) is 11.7. The number of rotatable bonds is 15. The van der Waals surface area contributed by atoms with E-state index < -0.39 is 0 Å². The second kappa shape index (κ2) is 17.1. The van der Waals surface area contributed by atoms with E-state index in [1.165, 1.54) is 50.5 Å². The first kappa shape index (κ1) is 21.7. The van der Waals surface area contributed by atoms with Crippen molar-refractivity contribution in [3.05, 3.63) is 11.6 Å². The molecule has 0 aliphatic carbocycles. The minimum atomic E-state index is -0.140. The molecule has 0 bridgehead atoms. The van der Waals surface area contributed by atoms with Crippen molar-refractivity contribution in [1.29, 1.82) is 0 Å². The highest BCUT2D eigenvalue weighted by molar-refractivity contribution is 9.09. The summed E-state index contributed by atoms with van der Waals surface area (Å²) in [5.74, 6) is -0.140. The molecule has 0 amide bonds. The van der Waals surface area contributed by atoms with Crippen molar-refractivity contribution in [1.82, 2.24) is 0 Å². The van der Waals surface area contributed by atoms with E-state index in [4.69, 9.17) is 4.74 Å². The molecule has 0 fully saturated rings. The molecular formula is C19H35BrO2. The molecular weight excluding hydrogens is 340 g/mol. The Morgan fingerprint density at radius 2 is 1.50 bits per heavy atom. The third-order valence-corrected chi connectivity index (χ3v) is 4.36. The second-order valence-electron chi connectivity index (χ2n) is 5.99. The van der Waals surface area contributed by atoms with E-state index in [0.29, 0.717) is 6.61 Å². The van der Waals surface area contributed by atoms with Crippen LogP contribution in [0.25, 0.3) is 0 Å². The molecule has 0 aromatic heterocycles. The van der Waals surface area contributed by atoms with Gasteiger partial charge in [-0.15, -0.1) is 0 Å². The highest BCUT2D eigenvalue weighted by atomic mass is 79.9. The lowest BCUT2D eigenvalue weighted by Gasteiger charge is -2.08. The minimum absolute atomic E-state index is 0.140. The Bertz CT molecular complexity index is 287. The maximum absolute atomic E-state index is 11.9. The predicted octanol–water partition coefficient (Wildman–Crippen LogP) is 6.57. The van der Waals surface area contributed by atoms with Crippen molar-refractivity contribution in [2.75, 3.05) is 11.9 Å². The van der Waals surface area contributed by atoms with Gasteiger partial charge in [-0.2, -0.15) is 0 Å². The van der Waals surface area contributed by atoms with Crippen LogP contribution in [0.1, 0.15) is 90.9 Å². The molecule has 0 aromatic carbocycles. The van der Waals surface area contributed by atoms with E-state index in [-0.39, 0.29) is 5.97 Å². The molecule has 0 heterocycles. The first-order chi connectivity index (χ1) is 10.7. The van der Waals surface area contributed by atoms with E-state index in [9.17, 15) is 4.79 Å². The van der Waals surface area contributed by atoms with Gasteiger partial charge in [-0.25, -0.2) is 4.79 Å². The number of carbonyl (C=O) groups excluding carboxylic acids is 1. The maximum Gasteiger partial charge on any atom is 0.330 e. The van der Waals surface area contributed by atoms with E-state index in [2.05, 4.69) is 29.8 Å². The third kappa shape index (κ3) is 14.6. The second-order valence-corrected chi connectivity index (χ2v) is 6.78. The molecule has 0 aliphatic heterocycles. The zero-order valence-electron chi connectivity index (χ0n) is 14.7. The Kier molecular flexibility index (Phi) is 16.8. The molecule has 130 valence electrons. The van der Waals surface area contributed by atoms with Gasteiger partial charge in [0.15, 0.2) is 0 Å². The van der Waals surface area contributed by atoms with E-state index in [1.54, 1.807) is 6.08 Å². The van der Waals surface area contributed by atoms with Gasteiger partial charge in [-0.1, -0.05) is 67.5 Å². The lowest BCUT2D eigenvalue weighted by Crippen LogP contribution is -2.04. The van der Waals surface area contributed by atoms with Crippen molar-refractivity contribution in [3.8, 4) is 0 Å². The van der Waals surface area contributed by atoms with Gasteiger partial charge < -0.3 is 4.74 Å². The summed E-state index contributed by atoms with van der Waals surface area (Å²) in [6.07, 6.45) is 15.8. The molecule has 0 unspecified atom stereocenters. The largest absolute Gasteiger partial charge is 0.463 e. The van der Waals surface area contributed by atoms with E-state index >= 15 is 0 Å². The summed E-state index contributed by atoms with van der Waals surface area (Å²) in [5.41, 5.74) is 1.28. The number of allylic oxidation sites excluding steroid dienone is 1. The predicted molar refractivity (Wildman–Crippen MR) is 99.6 cm³/mol. The van der Waals surface area contributed by atoms with Crippen molar-refractivity contribution >= 4 is 21.9 Å². The Balaban J connectivity index is 4.02. The van der Waals surface area contributed by atoms with Crippen LogP contribution < -0.4 is 0 Å².